The number of piperazine rings is 1. The van der Waals surface area contributed by atoms with Crippen LogP contribution in [0, 0.1) is 0 Å². The van der Waals surface area contributed by atoms with Crippen LogP contribution in [-0.2, 0) is 0 Å². The fraction of sp³-hybridized carbons (Fsp3) is 0.312. The summed E-state index contributed by atoms with van der Waals surface area (Å²) in [6, 6.07) is 6.09. The van der Waals surface area contributed by atoms with E-state index in [0.29, 0.717) is 37.5 Å². The van der Waals surface area contributed by atoms with Gasteiger partial charge in [0.25, 0.3) is 11.7 Å². The maximum Gasteiger partial charge on any atom is 0.455 e. The lowest BCUT2D eigenvalue weighted by Gasteiger charge is -2.35. The van der Waals surface area contributed by atoms with Crippen molar-refractivity contribution in [2.75, 3.05) is 31.1 Å². The Hall–Kier alpha value is -2.42. The molecule has 2 aromatic rings. The highest BCUT2D eigenvalue weighted by molar-refractivity contribution is 7.16. The van der Waals surface area contributed by atoms with Gasteiger partial charge in [-0.1, -0.05) is 0 Å². The van der Waals surface area contributed by atoms with Gasteiger partial charge >= 0.3 is 6.18 Å². The number of pyridine rings is 1. The second-order valence-corrected chi connectivity index (χ2v) is 6.57. The van der Waals surface area contributed by atoms with Gasteiger partial charge in [0.05, 0.1) is 21.6 Å². The number of aromatic nitrogens is 1. The molecule has 0 saturated carbocycles. The first-order chi connectivity index (χ1) is 11.9. The van der Waals surface area contributed by atoms with E-state index >= 15 is 0 Å². The van der Waals surface area contributed by atoms with E-state index in [1.165, 1.54) is 6.07 Å². The summed E-state index contributed by atoms with van der Waals surface area (Å²) in [5.41, 5.74) is 0.962. The molecule has 0 atom stereocenters. The summed E-state index contributed by atoms with van der Waals surface area (Å²) in [4.78, 5) is 31.1. The summed E-state index contributed by atoms with van der Waals surface area (Å²) >= 11 is 0.582. The Balaban J connectivity index is 1.63. The molecule has 1 fully saturated rings. The van der Waals surface area contributed by atoms with Crippen molar-refractivity contribution in [3.8, 4) is 0 Å². The number of carbonyl (C=O) groups excluding carboxylic acids is 2. The van der Waals surface area contributed by atoms with Crippen LogP contribution in [0.4, 0.5) is 18.9 Å². The molecule has 3 heterocycles. The number of halogens is 3. The minimum absolute atomic E-state index is 0.141. The summed E-state index contributed by atoms with van der Waals surface area (Å²) in [7, 11) is 0. The molecule has 1 amide bonds. The van der Waals surface area contributed by atoms with Crippen LogP contribution in [0.3, 0.4) is 0 Å². The summed E-state index contributed by atoms with van der Waals surface area (Å²) in [6.45, 7) is 2.12. The fourth-order valence-electron chi connectivity index (χ4n) is 2.58. The number of thiophene rings is 1. The standard InChI is InChI=1S/C16H14F3N3O2S/c17-16(18,19)14(23)12-3-4-13(25-12)15(24)22-8-6-21(7-9-22)11-2-1-5-20-10-11/h1-5,10H,6-9H2. The van der Waals surface area contributed by atoms with Crippen molar-refractivity contribution in [1.29, 1.82) is 0 Å². The van der Waals surface area contributed by atoms with Crippen molar-refractivity contribution < 1.29 is 22.8 Å². The van der Waals surface area contributed by atoms with Crippen molar-refractivity contribution in [2.45, 2.75) is 6.18 Å². The highest BCUT2D eigenvalue weighted by Gasteiger charge is 2.40. The second kappa shape index (κ2) is 6.83. The molecule has 0 radical (unpaired) electrons. The SMILES string of the molecule is O=C(c1ccc(C(=O)C(F)(F)F)s1)N1CCN(c2cccnc2)CC1. The van der Waals surface area contributed by atoms with E-state index in [0.717, 1.165) is 11.8 Å². The maximum absolute atomic E-state index is 12.5. The average Bonchev–Trinajstić information content (AvgIpc) is 3.10. The lowest BCUT2D eigenvalue weighted by atomic mass is 10.2. The normalized spacial score (nSPS) is 15.3. The van der Waals surface area contributed by atoms with Crippen molar-refractivity contribution in [1.82, 2.24) is 9.88 Å². The molecule has 1 aliphatic rings. The molecule has 132 valence electrons. The molecular weight excluding hydrogens is 355 g/mol. The first-order valence-electron chi connectivity index (χ1n) is 7.52. The molecule has 25 heavy (non-hydrogen) atoms. The molecule has 0 bridgehead atoms. The third kappa shape index (κ3) is 3.81. The van der Waals surface area contributed by atoms with Crippen molar-refractivity contribution >= 4 is 28.7 Å². The number of carbonyl (C=O) groups is 2. The number of anilines is 1. The van der Waals surface area contributed by atoms with Gasteiger partial charge in [0.2, 0.25) is 0 Å². The quantitative estimate of drug-likeness (QED) is 0.781. The number of hydrogen-bond donors (Lipinski definition) is 0. The smallest absolute Gasteiger partial charge is 0.367 e. The monoisotopic (exact) mass is 369 g/mol. The minimum atomic E-state index is -4.93. The average molecular weight is 369 g/mol. The van der Waals surface area contributed by atoms with E-state index < -0.39 is 16.8 Å². The molecule has 5 nitrogen and oxygen atoms in total. The van der Waals surface area contributed by atoms with Crippen molar-refractivity contribution in [2.24, 2.45) is 0 Å². The molecule has 0 spiro atoms. The Kier molecular flexibility index (Phi) is 4.76. The van der Waals surface area contributed by atoms with Crippen LogP contribution in [0.25, 0.3) is 0 Å². The lowest BCUT2D eigenvalue weighted by molar-refractivity contribution is -0.0882. The molecule has 0 unspecified atom stereocenters. The summed E-state index contributed by atoms with van der Waals surface area (Å²) in [5, 5.41) is 0. The highest BCUT2D eigenvalue weighted by atomic mass is 32.1. The number of amides is 1. The first-order valence-corrected chi connectivity index (χ1v) is 8.33. The predicted molar refractivity (Wildman–Crippen MR) is 87.1 cm³/mol. The summed E-state index contributed by atoms with van der Waals surface area (Å²) in [6.07, 6.45) is -1.51. The summed E-state index contributed by atoms with van der Waals surface area (Å²) in [5.74, 6) is -2.27. The zero-order valence-corrected chi connectivity index (χ0v) is 13.8. The fourth-order valence-corrected chi connectivity index (χ4v) is 3.51. The van der Waals surface area contributed by atoms with Crippen LogP contribution >= 0.6 is 11.3 Å². The number of nitrogens with zero attached hydrogens (tertiary/aromatic N) is 3. The first kappa shape index (κ1) is 17.4. The van der Waals surface area contributed by atoms with E-state index in [2.05, 4.69) is 9.88 Å². The molecular formula is C16H14F3N3O2S. The van der Waals surface area contributed by atoms with Crippen LogP contribution in [0.5, 0.6) is 0 Å². The van der Waals surface area contributed by atoms with Gasteiger partial charge in [-0.3, -0.25) is 14.6 Å². The largest absolute Gasteiger partial charge is 0.455 e. The molecule has 0 aliphatic carbocycles. The summed E-state index contributed by atoms with van der Waals surface area (Å²) < 4.78 is 37.4. The minimum Gasteiger partial charge on any atom is -0.367 e. The molecule has 0 aromatic carbocycles. The van der Waals surface area contributed by atoms with E-state index in [4.69, 9.17) is 0 Å². The molecule has 0 N–H and O–H groups in total. The number of alkyl halides is 3. The van der Waals surface area contributed by atoms with Crippen molar-refractivity contribution in [3.63, 3.8) is 0 Å². The van der Waals surface area contributed by atoms with E-state index in [-0.39, 0.29) is 10.8 Å². The maximum atomic E-state index is 12.5. The van der Waals surface area contributed by atoms with Gasteiger partial charge in [-0.2, -0.15) is 13.2 Å². The predicted octanol–water partition coefficient (Wildman–Crippen LogP) is 2.85. The molecule has 1 aliphatic heterocycles. The topological polar surface area (TPSA) is 53.5 Å². The van der Waals surface area contributed by atoms with Gasteiger partial charge in [0.15, 0.2) is 0 Å². The van der Waals surface area contributed by atoms with Gasteiger partial charge in [-0.15, -0.1) is 11.3 Å². The second-order valence-electron chi connectivity index (χ2n) is 5.48. The van der Waals surface area contributed by atoms with E-state index in [1.807, 2.05) is 12.1 Å². The van der Waals surface area contributed by atoms with Gasteiger partial charge in [0, 0.05) is 32.4 Å². The van der Waals surface area contributed by atoms with Gasteiger partial charge < -0.3 is 9.80 Å². The van der Waals surface area contributed by atoms with Crippen LogP contribution < -0.4 is 4.90 Å². The van der Waals surface area contributed by atoms with Crippen LogP contribution in [0.15, 0.2) is 36.7 Å². The van der Waals surface area contributed by atoms with Crippen LogP contribution in [0.1, 0.15) is 19.3 Å². The van der Waals surface area contributed by atoms with Gasteiger partial charge in [0.1, 0.15) is 0 Å². The number of ketones is 1. The Bertz CT molecular complexity index is 768. The van der Waals surface area contributed by atoms with Crippen LogP contribution in [-0.4, -0.2) is 53.9 Å². The zero-order valence-electron chi connectivity index (χ0n) is 13.0. The Labute approximate surface area is 145 Å². The molecule has 9 heteroatoms. The van der Waals surface area contributed by atoms with Gasteiger partial charge in [-0.05, 0) is 24.3 Å². The lowest BCUT2D eigenvalue weighted by Crippen LogP contribution is -2.48. The Morgan fingerprint density at radius 3 is 2.32 bits per heavy atom. The molecule has 3 rings (SSSR count). The highest BCUT2D eigenvalue weighted by Crippen LogP contribution is 2.27. The number of hydrogen-bond acceptors (Lipinski definition) is 5. The third-order valence-corrected chi connectivity index (χ3v) is 4.95. The molecule has 2 aromatic heterocycles. The molecule has 1 saturated heterocycles. The Morgan fingerprint density at radius 1 is 1.04 bits per heavy atom. The number of rotatable bonds is 3. The van der Waals surface area contributed by atoms with E-state index in [1.54, 1.807) is 17.3 Å². The van der Waals surface area contributed by atoms with E-state index in [9.17, 15) is 22.8 Å². The third-order valence-electron chi connectivity index (χ3n) is 3.88. The van der Waals surface area contributed by atoms with Crippen molar-refractivity contribution in [3.05, 3.63) is 46.4 Å². The number of Topliss-reactive ketones (excluding diaryl/α,β-unsaturated/α-hetero) is 1. The Morgan fingerprint density at radius 2 is 1.72 bits per heavy atom. The van der Waals surface area contributed by atoms with Crippen LogP contribution in [0.2, 0.25) is 0 Å². The zero-order chi connectivity index (χ0) is 18.0. The van der Waals surface area contributed by atoms with Gasteiger partial charge in [-0.25, -0.2) is 0 Å².